The third-order valence-corrected chi connectivity index (χ3v) is 6.74. The lowest BCUT2D eigenvalue weighted by Crippen LogP contribution is -2.35. The van der Waals surface area contributed by atoms with Crippen LogP contribution in [0.15, 0.2) is 0 Å². The van der Waals surface area contributed by atoms with Gasteiger partial charge in [0.1, 0.15) is 11.2 Å². The molecule has 0 amide bonds. The minimum absolute atomic E-state index is 0.427. The fourth-order valence-electron chi connectivity index (χ4n) is 4.84. The molecule has 0 saturated heterocycles. The first-order valence-corrected chi connectivity index (χ1v) is 13.6. The topological polar surface area (TPSA) is 105 Å². The normalized spacial score (nSPS) is 17.9. The molecule has 0 N–H and O–H groups in total. The van der Waals surface area contributed by atoms with Gasteiger partial charge in [0, 0.05) is 13.8 Å². The largest absolute Gasteiger partial charge is 0.457 e. The number of carbonyl (C=O) groups excluding carboxylic acids is 4. The zero-order valence-corrected chi connectivity index (χ0v) is 23.4. The molecule has 0 aromatic carbocycles. The highest BCUT2D eigenvalue weighted by molar-refractivity contribution is 5.81. The van der Waals surface area contributed by atoms with E-state index in [9.17, 15) is 36.7 Å². The molecule has 2 aliphatic rings. The minimum Gasteiger partial charge on any atom is -0.457 e. The van der Waals surface area contributed by atoms with Gasteiger partial charge < -0.3 is 18.9 Å². The van der Waals surface area contributed by atoms with Crippen molar-refractivity contribution >= 4 is 23.9 Å². The van der Waals surface area contributed by atoms with Crippen molar-refractivity contribution in [2.45, 2.75) is 134 Å². The van der Waals surface area contributed by atoms with Crippen LogP contribution < -0.4 is 0 Å². The molecule has 0 aromatic heterocycles. The Labute approximate surface area is 227 Å². The summed E-state index contributed by atoms with van der Waals surface area (Å²) < 4.78 is 69.5. The van der Waals surface area contributed by atoms with Crippen LogP contribution in [0.4, 0.5) is 17.6 Å². The number of esters is 4. The van der Waals surface area contributed by atoms with E-state index in [-0.39, 0.29) is 0 Å². The molecule has 0 radical (unpaired) electrons. The second-order valence-corrected chi connectivity index (χ2v) is 10.5. The summed E-state index contributed by atoms with van der Waals surface area (Å²) in [6, 6.07) is 0. The van der Waals surface area contributed by atoms with Gasteiger partial charge in [-0.1, -0.05) is 26.7 Å². The summed E-state index contributed by atoms with van der Waals surface area (Å²) >= 11 is 0. The summed E-state index contributed by atoms with van der Waals surface area (Å²) in [5, 5.41) is 0. The van der Waals surface area contributed by atoms with E-state index in [1.54, 1.807) is 0 Å². The lowest BCUT2D eigenvalue weighted by atomic mass is 9.95. The Kier molecular flexibility index (Phi) is 13.7. The Morgan fingerprint density at radius 1 is 0.641 bits per heavy atom. The van der Waals surface area contributed by atoms with Crippen LogP contribution in [0.3, 0.4) is 0 Å². The fourth-order valence-corrected chi connectivity index (χ4v) is 4.84. The molecule has 2 rings (SSSR count). The Morgan fingerprint density at radius 3 is 1.31 bits per heavy atom. The van der Waals surface area contributed by atoms with Crippen molar-refractivity contribution in [2.75, 3.05) is 13.2 Å². The zero-order valence-electron chi connectivity index (χ0n) is 23.4. The van der Waals surface area contributed by atoms with Crippen molar-refractivity contribution in [3.05, 3.63) is 0 Å². The predicted octanol–water partition coefficient (Wildman–Crippen LogP) is 6.07. The molecule has 8 nitrogen and oxygen atoms in total. The van der Waals surface area contributed by atoms with Gasteiger partial charge in [0.2, 0.25) is 0 Å². The second kappa shape index (κ2) is 15.4. The van der Waals surface area contributed by atoms with Crippen molar-refractivity contribution in [2.24, 2.45) is 0 Å². The van der Waals surface area contributed by atoms with E-state index in [0.29, 0.717) is 13.8 Å². The lowest BCUT2D eigenvalue weighted by molar-refractivity contribution is -0.181. The van der Waals surface area contributed by atoms with Gasteiger partial charge in [0.25, 0.3) is 0 Å². The van der Waals surface area contributed by atoms with E-state index in [0.717, 1.165) is 83.5 Å². The van der Waals surface area contributed by atoms with Crippen LogP contribution in [-0.4, -0.2) is 60.1 Å². The number of ether oxygens (including phenoxy) is 4. The standard InChI is InChI=1S/C14H22F2O4.C13H20F2O4/c1-3-4-7-14(8-5-6-9-14)20-11(17)10-19-12(18)13(2,15)16;1-3-6-13(7-4-5-8-13)19-10(16)9-18-11(17)12(2,14)15/h3-10H2,1-2H3;3-9H2,1-2H3. The van der Waals surface area contributed by atoms with Crippen molar-refractivity contribution in [1.29, 1.82) is 0 Å². The summed E-state index contributed by atoms with van der Waals surface area (Å²) in [5.41, 5.74) is -0.985. The second-order valence-electron chi connectivity index (χ2n) is 10.5. The number of hydrogen-bond acceptors (Lipinski definition) is 8. The Morgan fingerprint density at radius 2 is 1.00 bits per heavy atom. The average Bonchev–Trinajstić information content (AvgIpc) is 3.49. The van der Waals surface area contributed by atoms with Crippen molar-refractivity contribution < 1.29 is 55.7 Å². The van der Waals surface area contributed by atoms with E-state index in [1.807, 2.05) is 6.92 Å². The number of hydrogen-bond donors (Lipinski definition) is 0. The summed E-state index contributed by atoms with van der Waals surface area (Å²) in [4.78, 5) is 44.9. The van der Waals surface area contributed by atoms with Gasteiger partial charge in [-0.25, -0.2) is 19.2 Å². The van der Waals surface area contributed by atoms with E-state index in [1.165, 1.54) is 0 Å². The maximum atomic E-state index is 12.6. The van der Waals surface area contributed by atoms with Crippen LogP contribution in [0.25, 0.3) is 0 Å². The number of rotatable bonds is 13. The Hall–Kier alpha value is -2.40. The zero-order chi connectivity index (χ0) is 29.7. The highest BCUT2D eigenvalue weighted by Gasteiger charge is 2.40. The Balaban J connectivity index is 0.000000391. The molecule has 0 aromatic rings. The third kappa shape index (κ3) is 12.5. The van der Waals surface area contributed by atoms with E-state index >= 15 is 0 Å². The van der Waals surface area contributed by atoms with Crippen LogP contribution in [-0.2, 0) is 38.1 Å². The summed E-state index contributed by atoms with van der Waals surface area (Å²) in [6.45, 7) is 3.39. The molecule has 12 heteroatoms. The predicted molar refractivity (Wildman–Crippen MR) is 132 cm³/mol. The van der Waals surface area contributed by atoms with Gasteiger partial charge in [0.05, 0.1) is 0 Å². The molecule has 2 saturated carbocycles. The minimum atomic E-state index is -3.59. The molecule has 0 aliphatic heterocycles. The van der Waals surface area contributed by atoms with Gasteiger partial charge in [0.15, 0.2) is 13.2 Å². The molecule has 0 spiro atoms. The molecule has 0 bridgehead atoms. The van der Waals surface area contributed by atoms with Crippen molar-refractivity contribution in [3.8, 4) is 0 Å². The van der Waals surface area contributed by atoms with Gasteiger partial charge in [-0.3, -0.25) is 0 Å². The molecule has 0 unspecified atom stereocenters. The van der Waals surface area contributed by atoms with Crippen molar-refractivity contribution in [3.63, 3.8) is 0 Å². The number of unbranched alkanes of at least 4 members (excludes halogenated alkanes) is 1. The summed E-state index contributed by atoms with van der Waals surface area (Å²) in [7, 11) is 0. The maximum Gasteiger partial charge on any atom is 0.377 e. The molecule has 39 heavy (non-hydrogen) atoms. The van der Waals surface area contributed by atoms with E-state index < -0.39 is 60.1 Å². The highest BCUT2D eigenvalue weighted by Crippen LogP contribution is 2.38. The molecular formula is C27H42F4O8. The number of halogens is 4. The van der Waals surface area contributed by atoms with Gasteiger partial charge >= 0.3 is 35.7 Å². The van der Waals surface area contributed by atoms with Gasteiger partial charge in [-0.05, 0) is 70.6 Å². The Bertz CT molecular complexity index is 808. The quantitative estimate of drug-likeness (QED) is 0.149. The van der Waals surface area contributed by atoms with Crippen LogP contribution in [0.2, 0.25) is 0 Å². The monoisotopic (exact) mass is 570 g/mol. The SMILES string of the molecule is CCCC1(OC(=O)COC(=O)C(C)(F)F)CCCC1.CCCCC1(OC(=O)COC(=O)C(C)(F)F)CCCC1. The van der Waals surface area contributed by atoms with Crippen LogP contribution in [0.5, 0.6) is 0 Å². The van der Waals surface area contributed by atoms with Crippen molar-refractivity contribution in [1.82, 2.24) is 0 Å². The highest BCUT2D eigenvalue weighted by atomic mass is 19.3. The molecule has 2 aliphatic carbocycles. The molecule has 2 fully saturated rings. The molecule has 0 heterocycles. The number of carbonyl (C=O) groups is 4. The third-order valence-electron chi connectivity index (χ3n) is 6.74. The smallest absolute Gasteiger partial charge is 0.377 e. The molecule has 0 atom stereocenters. The first-order chi connectivity index (χ1) is 18.1. The van der Waals surface area contributed by atoms with Crippen LogP contribution >= 0.6 is 0 Å². The number of alkyl halides is 4. The first kappa shape index (κ1) is 34.6. The lowest BCUT2D eigenvalue weighted by Gasteiger charge is -2.29. The maximum absolute atomic E-state index is 12.6. The summed E-state index contributed by atoms with van der Waals surface area (Å²) in [6.07, 6.45) is 11.4. The van der Waals surface area contributed by atoms with Crippen LogP contribution in [0.1, 0.15) is 111 Å². The summed E-state index contributed by atoms with van der Waals surface area (Å²) in [5.74, 6) is -12.1. The molecule has 226 valence electrons. The van der Waals surface area contributed by atoms with Crippen LogP contribution in [0, 0.1) is 0 Å². The van der Waals surface area contributed by atoms with E-state index in [4.69, 9.17) is 9.47 Å². The fraction of sp³-hybridized carbons (Fsp3) is 0.852. The van der Waals surface area contributed by atoms with E-state index in [2.05, 4.69) is 16.4 Å². The average molecular weight is 571 g/mol. The molecular weight excluding hydrogens is 528 g/mol. The van der Waals surface area contributed by atoms with Gasteiger partial charge in [-0.2, -0.15) is 17.6 Å². The van der Waals surface area contributed by atoms with Gasteiger partial charge in [-0.15, -0.1) is 0 Å². The first-order valence-electron chi connectivity index (χ1n) is 13.6.